The molecule has 0 radical (unpaired) electrons. The van der Waals surface area contributed by atoms with E-state index in [1.807, 2.05) is 26.0 Å². The molecular weight excluding hydrogens is 356 g/mol. The molecule has 3 aromatic rings. The summed E-state index contributed by atoms with van der Waals surface area (Å²) in [7, 11) is 0. The van der Waals surface area contributed by atoms with Crippen molar-refractivity contribution in [3.8, 4) is 0 Å². The lowest BCUT2D eigenvalue weighted by Crippen LogP contribution is -2.25. The van der Waals surface area contributed by atoms with Crippen LogP contribution >= 0.6 is 11.6 Å². The zero-order chi connectivity index (χ0) is 18.4. The van der Waals surface area contributed by atoms with Crippen molar-refractivity contribution in [3.63, 3.8) is 0 Å². The van der Waals surface area contributed by atoms with Gasteiger partial charge < -0.3 is 4.74 Å². The highest BCUT2D eigenvalue weighted by Gasteiger charge is 2.35. The molecule has 1 atom stereocenters. The van der Waals surface area contributed by atoms with Crippen LogP contribution in [-0.2, 0) is 9.53 Å². The van der Waals surface area contributed by atoms with Gasteiger partial charge in [-0.2, -0.15) is 9.99 Å². The van der Waals surface area contributed by atoms with Gasteiger partial charge >= 0.3 is 0 Å². The van der Waals surface area contributed by atoms with Crippen molar-refractivity contribution in [2.24, 2.45) is 5.10 Å². The average Bonchev–Trinajstić information content (AvgIpc) is 3.18. The number of amides is 1. The first-order chi connectivity index (χ1) is 12.4. The summed E-state index contributed by atoms with van der Waals surface area (Å²) in [5, 5.41) is 10.5. The topological polar surface area (TPSA) is 85.0 Å². The Morgan fingerprint density at radius 2 is 2.04 bits per heavy atom. The van der Waals surface area contributed by atoms with Crippen LogP contribution in [0.1, 0.15) is 35.9 Å². The Labute approximate surface area is 154 Å². The minimum atomic E-state index is -0.719. The number of carbonyl (C=O) groups is 1. The number of rotatable bonds is 2. The summed E-state index contributed by atoms with van der Waals surface area (Å²) >= 11 is 6.06. The van der Waals surface area contributed by atoms with Gasteiger partial charge in [-0.15, -0.1) is 10.2 Å². The number of nitrogens with zero attached hydrogens (tertiary/aromatic N) is 6. The molecule has 1 aliphatic heterocycles. The first kappa shape index (κ1) is 16.5. The maximum Gasteiger partial charge on any atom is 0.281 e. The van der Waals surface area contributed by atoms with E-state index >= 15 is 0 Å². The number of halogens is 1. The second-order valence-corrected chi connectivity index (χ2v) is 6.42. The number of fused-ring (bicyclic) bond motifs is 1. The number of benzene rings is 1. The zero-order valence-electron chi connectivity index (χ0n) is 14.3. The van der Waals surface area contributed by atoms with Crippen LogP contribution in [-0.4, -0.2) is 36.4 Å². The van der Waals surface area contributed by atoms with Crippen molar-refractivity contribution in [1.82, 2.24) is 24.6 Å². The minimum Gasteiger partial charge on any atom is -0.443 e. The van der Waals surface area contributed by atoms with Gasteiger partial charge in [0.15, 0.2) is 0 Å². The van der Waals surface area contributed by atoms with Gasteiger partial charge in [0.1, 0.15) is 0 Å². The van der Waals surface area contributed by atoms with E-state index in [-0.39, 0.29) is 17.6 Å². The molecule has 0 aliphatic carbocycles. The van der Waals surface area contributed by atoms with Gasteiger partial charge in [0.25, 0.3) is 11.7 Å². The van der Waals surface area contributed by atoms with Crippen molar-refractivity contribution in [1.29, 1.82) is 0 Å². The first-order valence-corrected chi connectivity index (χ1v) is 8.32. The summed E-state index contributed by atoms with van der Waals surface area (Å²) in [5.74, 6) is 0.609. The normalized spacial score (nSPS) is 16.7. The van der Waals surface area contributed by atoms with E-state index in [2.05, 4.69) is 20.2 Å². The summed E-state index contributed by atoms with van der Waals surface area (Å²) in [6.45, 7) is 5.21. The van der Waals surface area contributed by atoms with Crippen molar-refractivity contribution in [2.75, 3.05) is 0 Å². The molecule has 9 heteroatoms. The lowest BCUT2D eigenvalue weighted by Gasteiger charge is -2.19. The van der Waals surface area contributed by atoms with Crippen molar-refractivity contribution >= 4 is 29.2 Å². The smallest absolute Gasteiger partial charge is 0.281 e. The van der Waals surface area contributed by atoms with Gasteiger partial charge in [0.2, 0.25) is 18.0 Å². The van der Waals surface area contributed by atoms with Crippen LogP contribution in [0.15, 0.2) is 35.4 Å². The quantitative estimate of drug-likeness (QED) is 0.692. The fourth-order valence-electron chi connectivity index (χ4n) is 2.79. The number of ether oxygens (including phenoxy) is 1. The summed E-state index contributed by atoms with van der Waals surface area (Å²) < 4.78 is 7.50. The molecule has 1 aliphatic rings. The monoisotopic (exact) mass is 370 g/mol. The molecule has 0 bridgehead atoms. The molecule has 1 aromatic carbocycles. The number of aryl methyl sites for hydroxylation is 2. The van der Waals surface area contributed by atoms with Gasteiger partial charge in [-0.25, -0.2) is 9.50 Å². The van der Waals surface area contributed by atoms with Crippen molar-refractivity contribution in [3.05, 3.63) is 58.1 Å². The fraction of sp³-hybridized carbons (Fsp3) is 0.235. The maximum atomic E-state index is 12.0. The Balaban J connectivity index is 1.74. The van der Waals surface area contributed by atoms with E-state index in [0.717, 1.165) is 11.4 Å². The maximum absolute atomic E-state index is 12.0. The average molecular weight is 371 g/mol. The Kier molecular flexibility index (Phi) is 3.84. The van der Waals surface area contributed by atoms with Crippen LogP contribution in [0.4, 0.5) is 0 Å². The second-order valence-electron chi connectivity index (χ2n) is 5.98. The number of hydrazone groups is 1. The second kappa shape index (κ2) is 6.06. The third-order valence-corrected chi connectivity index (χ3v) is 4.15. The van der Waals surface area contributed by atoms with Gasteiger partial charge in [-0.3, -0.25) is 4.79 Å². The first-order valence-electron chi connectivity index (χ1n) is 7.94. The predicted molar refractivity (Wildman–Crippen MR) is 94.6 cm³/mol. The third-order valence-electron chi connectivity index (χ3n) is 3.91. The standard InChI is InChI=1S/C17H15ClN6O2/c1-9-7-10(2)23-17(19-9)20-14(21-23)15-22-24(11(3)25)16(26-15)12-5-4-6-13(18)8-12/h4-8,16H,1-3H3. The van der Waals surface area contributed by atoms with Gasteiger partial charge in [0, 0.05) is 28.9 Å². The van der Waals surface area contributed by atoms with Crippen molar-refractivity contribution in [2.45, 2.75) is 27.0 Å². The summed E-state index contributed by atoms with van der Waals surface area (Å²) in [4.78, 5) is 20.7. The minimum absolute atomic E-state index is 0.160. The SMILES string of the molecule is CC(=O)N1N=C(c2nc3nc(C)cc(C)n3n2)OC1c1cccc(Cl)c1. The molecular formula is C17H15ClN6O2. The highest BCUT2D eigenvalue weighted by molar-refractivity contribution is 6.30. The van der Waals surface area contributed by atoms with E-state index in [9.17, 15) is 4.79 Å². The molecule has 1 unspecified atom stereocenters. The Morgan fingerprint density at radius 1 is 1.23 bits per heavy atom. The van der Waals surface area contributed by atoms with Crippen LogP contribution in [0.5, 0.6) is 0 Å². The van der Waals surface area contributed by atoms with Crippen LogP contribution in [0.3, 0.4) is 0 Å². The number of hydrogen-bond acceptors (Lipinski definition) is 6. The van der Waals surface area contributed by atoms with Crippen LogP contribution in [0.2, 0.25) is 5.02 Å². The Bertz CT molecular complexity index is 1060. The Morgan fingerprint density at radius 3 is 2.77 bits per heavy atom. The molecule has 132 valence electrons. The molecule has 0 fully saturated rings. The van der Waals surface area contributed by atoms with E-state index < -0.39 is 6.23 Å². The van der Waals surface area contributed by atoms with Gasteiger partial charge in [-0.1, -0.05) is 23.7 Å². The molecule has 0 N–H and O–H groups in total. The molecule has 2 aromatic heterocycles. The molecule has 0 saturated heterocycles. The molecule has 0 saturated carbocycles. The number of carbonyl (C=O) groups excluding carboxylic acids is 1. The number of hydrogen-bond donors (Lipinski definition) is 0. The van der Waals surface area contributed by atoms with Crippen molar-refractivity contribution < 1.29 is 9.53 Å². The molecule has 26 heavy (non-hydrogen) atoms. The zero-order valence-corrected chi connectivity index (χ0v) is 15.1. The largest absolute Gasteiger partial charge is 0.443 e. The molecule has 3 heterocycles. The van der Waals surface area contributed by atoms with E-state index in [0.29, 0.717) is 16.4 Å². The molecule has 8 nitrogen and oxygen atoms in total. The number of aromatic nitrogens is 4. The van der Waals surface area contributed by atoms with Crippen LogP contribution < -0.4 is 0 Å². The molecule has 1 amide bonds. The van der Waals surface area contributed by atoms with Gasteiger partial charge in [0.05, 0.1) is 0 Å². The third kappa shape index (κ3) is 2.78. The lowest BCUT2D eigenvalue weighted by atomic mass is 10.2. The highest BCUT2D eigenvalue weighted by atomic mass is 35.5. The van der Waals surface area contributed by atoms with Gasteiger partial charge in [-0.05, 0) is 32.0 Å². The lowest BCUT2D eigenvalue weighted by molar-refractivity contribution is -0.135. The Hall–Kier alpha value is -3.00. The van der Waals surface area contributed by atoms with Crippen LogP contribution in [0.25, 0.3) is 5.78 Å². The molecule has 0 spiro atoms. The highest BCUT2D eigenvalue weighted by Crippen LogP contribution is 2.30. The predicted octanol–water partition coefficient (Wildman–Crippen LogP) is 2.63. The van der Waals surface area contributed by atoms with Crippen LogP contribution in [0, 0.1) is 13.8 Å². The van der Waals surface area contributed by atoms with E-state index in [1.165, 1.54) is 11.9 Å². The summed E-state index contributed by atoms with van der Waals surface area (Å²) in [6.07, 6.45) is -0.719. The van der Waals surface area contributed by atoms with E-state index in [4.69, 9.17) is 16.3 Å². The van der Waals surface area contributed by atoms with E-state index in [1.54, 1.807) is 22.7 Å². The summed E-state index contributed by atoms with van der Waals surface area (Å²) in [6, 6.07) is 8.99. The fourth-order valence-corrected chi connectivity index (χ4v) is 2.99. The molecule has 4 rings (SSSR count). The summed E-state index contributed by atoms with van der Waals surface area (Å²) in [5.41, 5.74) is 2.44.